The maximum atomic E-state index is 12.4. The van der Waals surface area contributed by atoms with Gasteiger partial charge in [0.25, 0.3) is 0 Å². The lowest BCUT2D eigenvalue weighted by atomic mass is 10.2. The van der Waals surface area contributed by atoms with Crippen molar-refractivity contribution in [2.24, 2.45) is 0 Å². The lowest BCUT2D eigenvalue weighted by Crippen LogP contribution is -2.52. The van der Waals surface area contributed by atoms with Crippen LogP contribution in [0.15, 0.2) is 12.3 Å². The van der Waals surface area contributed by atoms with Crippen LogP contribution in [0.5, 0.6) is 0 Å². The van der Waals surface area contributed by atoms with Gasteiger partial charge in [-0.2, -0.15) is 0 Å². The van der Waals surface area contributed by atoms with Crippen molar-refractivity contribution in [2.75, 3.05) is 44.7 Å². The van der Waals surface area contributed by atoms with E-state index in [0.717, 1.165) is 0 Å². The van der Waals surface area contributed by atoms with Gasteiger partial charge in [-0.3, -0.25) is 4.79 Å². The van der Waals surface area contributed by atoms with E-state index in [0.29, 0.717) is 42.0 Å². The van der Waals surface area contributed by atoms with Gasteiger partial charge in [0, 0.05) is 39.4 Å². The van der Waals surface area contributed by atoms with E-state index in [9.17, 15) is 9.59 Å². The molecule has 0 radical (unpaired) electrons. The SMILES string of the molecule is CN(CC(=O)N1CCN(c2ncc(Cl)cc2Cl)CC1)C(=O)OC(C)(C)C. The summed E-state index contributed by atoms with van der Waals surface area (Å²) in [6.45, 7) is 7.62. The summed E-state index contributed by atoms with van der Waals surface area (Å²) in [6, 6.07) is 1.65. The van der Waals surface area contributed by atoms with Crippen LogP contribution < -0.4 is 4.90 Å². The van der Waals surface area contributed by atoms with Crippen molar-refractivity contribution >= 4 is 41.0 Å². The molecule has 144 valence electrons. The number of piperazine rings is 1. The first-order valence-electron chi connectivity index (χ1n) is 8.35. The number of carbonyl (C=O) groups is 2. The van der Waals surface area contributed by atoms with Crippen molar-refractivity contribution < 1.29 is 14.3 Å². The van der Waals surface area contributed by atoms with E-state index in [4.69, 9.17) is 27.9 Å². The smallest absolute Gasteiger partial charge is 0.410 e. The molecule has 1 fully saturated rings. The number of likely N-dealkylation sites (N-methyl/N-ethyl adjacent to an activating group) is 1. The van der Waals surface area contributed by atoms with Gasteiger partial charge in [0.1, 0.15) is 18.0 Å². The van der Waals surface area contributed by atoms with Crippen molar-refractivity contribution in [2.45, 2.75) is 26.4 Å². The molecule has 0 unspecified atom stereocenters. The van der Waals surface area contributed by atoms with E-state index >= 15 is 0 Å². The highest BCUT2D eigenvalue weighted by Gasteiger charge is 2.26. The molecule has 1 aromatic rings. The topological polar surface area (TPSA) is 66.0 Å². The van der Waals surface area contributed by atoms with Gasteiger partial charge in [-0.1, -0.05) is 23.2 Å². The molecule has 0 N–H and O–H groups in total. The second kappa shape index (κ2) is 8.31. The molecule has 26 heavy (non-hydrogen) atoms. The van der Waals surface area contributed by atoms with Crippen LogP contribution in [0.2, 0.25) is 10.0 Å². The van der Waals surface area contributed by atoms with E-state index in [-0.39, 0.29) is 12.5 Å². The van der Waals surface area contributed by atoms with Gasteiger partial charge in [-0.05, 0) is 26.8 Å². The molecule has 1 aliphatic heterocycles. The quantitative estimate of drug-likeness (QED) is 0.777. The van der Waals surface area contributed by atoms with Gasteiger partial charge in [0.15, 0.2) is 0 Å². The number of halogens is 2. The highest BCUT2D eigenvalue weighted by Crippen LogP contribution is 2.26. The average Bonchev–Trinajstić information content (AvgIpc) is 2.53. The third-order valence-corrected chi connectivity index (χ3v) is 4.28. The molecule has 0 aromatic carbocycles. The van der Waals surface area contributed by atoms with E-state index in [1.807, 2.05) is 4.90 Å². The largest absolute Gasteiger partial charge is 0.444 e. The number of hydrogen-bond donors (Lipinski definition) is 0. The lowest BCUT2D eigenvalue weighted by molar-refractivity contribution is -0.132. The Hall–Kier alpha value is -1.73. The maximum Gasteiger partial charge on any atom is 0.410 e. The van der Waals surface area contributed by atoms with Gasteiger partial charge in [0.2, 0.25) is 5.91 Å². The Morgan fingerprint density at radius 2 is 1.85 bits per heavy atom. The Bertz CT molecular complexity index is 670. The molecule has 0 saturated carbocycles. The van der Waals surface area contributed by atoms with Crippen molar-refractivity contribution in [1.29, 1.82) is 0 Å². The Kier molecular flexibility index (Phi) is 6.58. The van der Waals surface area contributed by atoms with Gasteiger partial charge >= 0.3 is 6.09 Å². The van der Waals surface area contributed by atoms with Crippen LogP contribution in [-0.4, -0.2) is 72.2 Å². The first kappa shape index (κ1) is 20.6. The summed E-state index contributed by atoms with van der Waals surface area (Å²) in [7, 11) is 1.56. The predicted molar refractivity (Wildman–Crippen MR) is 102 cm³/mol. The van der Waals surface area contributed by atoms with E-state index < -0.39 is 11.7 Å². The van der Waals surface area contributed by atoms with Crippen LogP contribution in [0.1, 0.15) is 20.8 Å². The summed E-state index contributed by atoms with van der Waals surface area (Å²) in [4.78, 5) is 33.7. The van der Waals surface area contributed by atoms with Crippen molar-refractivity contribution in [1.82, 2.24) is 14.8 Å². The molecule has 0 atom stereocenters. The first-order chi connectivity index (χ1) is 12.1. The number of amides is 2. The molecule has 1 saturated heterocycles. The summed E-state index contributed by atoms with van der Waals surface area (Å²) < 4.78 is 5.26. The summed E-state index contributed by atoms with van der Waals surface area (Å²) in [5, 5.41) is 0.972. The Balaban J connectivity index is 1.87. The zero-order chi connectivity index (χ0) is 19.5. The minimum atomic E-state index is -0.592. The molecule has 9 heteroatoms. The number of aromatic nitrogens is 1. The molecule has 2 amide bonds. The second-order valence-electron chi connectivity index (χ2n) is 7.16. The summed E-state index contributed by atoms with van der Waals surface area (Å²) >= 11 is 12.1. The molecule has 2 heterocycles. The number of ether oxygens (including phenoxy) is 1. The molecule has 7 nitrogen and oxygen atoms in total. The minimum absolute atomic E-state index is 0.0190. The summed E-state index contributed by atoms with van der Waals surface area (Å²) in [6.07, 6.45) is 1.04. The van der Waals surface area contributed by atoms with Crippen LogP contribution in [0.25, 0.3) is 0 Å². The summed E-state index contributed by atoms with van der Waals surface area (Å²) in [5.74, 6) is 0.544. The predicted octanol–water partition coefficient (Wildman–Crippen LogP) is 2.90. The van der Waals surface area contributed by atoms with Gasteiger partial charge in [-0.25, -0.2) is 9.78 Å². The van der Waals surface area contributed by atoms with Crippen molar-refractivity contribution in [3.63, 3.8) is 0 Å². The standard InChI is InChI=1S/C17H24Cl2N4O3/c1-17(2,3)26-16(25)21(4)11-14(24)22-5-7-23(8-6-22)15-13(19)9-12(18)10-20-15/h9-10H,5-8,11H2,1-4H3. The molecule has 0 spiro atoms. The maximum absolute atomic E-state index is 12.4. The Labute approximate surface area is 163 Å². The fourth-order valence-electron chi connectivity index (χ4n) is 2.51. The number of rotatable bonds is 3. The zero-order valence-electron chi connectivity index (χ0n) is 15.5. The number of hydrogen-bond acceptors (Lipinski definition) is 5. The van der Waals surface area contributed by atoms with Crippen LogP contribution >= 0.6 is 23.2 Å². The number of carbonyl (C=O) groups excluding carboxylic acids is 2. The zero-order valence-corrected chi connectivity index (χ0v) is 17.0. The third kappa shape index (κ3) is 5.64. The normalized spacial score (nSPS) is 15.0. The van der Waals surface area contributed by atoms with Crippen molar-refractivity contribution in [3.8, 4) is 0 Å². The van der Waals surface area contributed by atoms with Crippen LogP contribution in [0.4, 0.5) is 10.6 Å². The highest BCUT2D eigenvalue weighted by atomic mass is 35.5. The van der Waals surface area contributed by atoms with Gasteiger partial charge in [0.05, 0.1) is 10.0 Å². The van der Waals surface area contributed by atoms with Crippen LogP contribution in [0.3, 0.4) is 0 Å². The van der Waals surface area contributed by atoms with Crippen LogP contribution in [0, 0.1) is 0 Å². The Morgan fingerprint density at radius 1 is 1.23 bits per heavy atom. The number of anilines is 1. The van der Waals surface area contributed by atoms with E-state index in [1.54, 1.807) is 45.0 Å². The molecule has 0 bridgehead atoms. The monoisotopic (exact) mass is 402 g/mol. The highest BCUT2D eigenvalue weighted by molar-refractivity contribution is 6.36. The molecular weight excluding hydrogens is 379 g/mol. The average molecular weight is 403 g/mol. The minimum Gasteiger partial charge on any atom is -0.444 e. The molecule has 1 aromatic heterocycles. The first-order valence-corrected chi connectivity index (χ1v) is 9.10. The molecule has 0 aliphatic carbocycles. The van der Waals surface area contributed by atoms with E-state index in [2.05, 4.69) is 4.98 Å². The van der Waals surface area contributed by atoms with Crippen molar-refractivity contribution in [3.05, 3.63) is 22.3 Å². The molecular formula is C17H24Cl2N4O3. The lowest BCUT2D eigenvalue weighted by Gasteiger charge is -2.36. The molecule has 1 aliphatic rings. The second-order valence-corrected chi connectivity index (χ2v) is 8.01. The van der Waals surface area contributed by atoms with Gasteiger partial charge < -0.3 is 19.4 Å². The van der Waals surface area contributed by atoms with Gasteiger partial charge in [-0.15, -0.1) is 0 Å². The number of nitrogens with zero attached hydrogens (tertiary/aromatic N) is 4. The van der Waals surface area contributed by atoms with E-state index in [1.165, 1.54) is 4.90 Å². The Morgan fingerprint density at radius 3 is 2.38 bits per heavy atom. The third-order valence-electron chi connectivity index (χ3n) is 3.80. The van der Waals surface area contributed by atoms with Crippen LogP contribution in [-0.2, 0) is 9.53 Å². The fraction of sp³-hybridized carbons (Fsp3) is 0.588. The summed E-state index contributed by atoms with van der Waals surface area (Å²) in [5.41, 5.74) is -0.592. The fourth-order valence-corrected chi connectivity index (χ4v) is 3.01. The molecule has 2 rings (SSSR count). The number of pyridine rings is 1.